The zero-order valence-electron chi connectivity index (χ0n) is 17.2. The summed E-state index contributed by atoms with van der Waals surface area (Å²) in [6.07, 6.45) is 0.739. The van der Waals surface area contributed by atoms with Gasteiger partial charge in [-0.05, 0) is 43.2 Å². The number of methoxy groups -OCH3 is 3. The Kier molecular flexibility index (Phi) is 6.12. The first-order valence-corrected chi connectivity index (χ1v) is 9.34. The fourth-order valence-electron chi connectivity index (χ4n) is 3.56. The van der Waals surface area contributed by atoms with Gasteiger partial charge in [0.05, 0.1) is 32.6 Å². The Morgan fingerprint density at radius 2 is 1.69 bits per heavy atom. The lowest BCUT2D eigenvalue weighted by Gasteiger charge is -2.16. The lowest BCUT2D eigenvalue weighted by Crippen LogP contribution is -2.13. The number of aryl methyl sites for hydroxylation is 1. The maximum absolute atomic E-state index is 12.0. The zero-order chi connectivity index (χ0) is 21.0. The van der Waals surface area contributed by atoms with Crippen molar-refractivity contribution in [3.63, 3.8) is 0 Å². The van der Waals surface area contributed by atoms with Crippen LogP contribution in [0.2, 0.25) is 0 Å². The van der Waals surface area contributed by atoms with E-state index in [1.165, 1.54) is 0 Å². The number of rotatable bonds is 8. The molecule has 0 bridgehead atoms. The lowest BCUT2D eigenvalue weighted by molar-refractivity contribution is 0.0999. The Hall–Kier alpha value is -3.41. The van der Waals surface area contributed by atoms with Crippen molar-refractivity contribution in [1.29, 1.82) is 0 Å². The first kappa shape index (κ1) is 20.3. The SMILES string of the molecule is COc1ccc(-c2cc(C(N)=O)c(C)n2CCc2ccccc2OC)c(OC)c1. The van der Waals surface area contributed by atoms with Gasteiger partial charge in [-0.2, -0.15) is 0 Å². The molecule has 2 N–H and O–H groups in total. The molecule has 6 nitrogen and oxygen atoms in total. The molecule has 1 heterocycles. The van der Waals surface area contributed by atoms with Crippen molar-refractivity contribution in [3.8, 4) is 28.5 Å². The minimum atomic E-state index is -0.452. The molecule has 152 valence electrons. The van der Waals surface area contributed by atoms with Crippen LogP contribution in [0, 0.1) is 6.92 Å². The number of carbonyl (C=O) groups is 1. The second-order valence-corrected chi connectivity index (χ2v) is 6.67. The Bertz CT molecular complexity index is 1020. The molecule has 0 aliphatic rings. The van der Waals surface area contributed by atoms with Crippen LogP contribution >= 0.6 is 0 Å². The molecule has 0 radical (unpaired) electrons. The topological polar surface area (TPSA) is 75.7 Å². The molecule has 0 unspecified atom stereocenters. The van der Waals surface area contributed by atoms with Crippen molar-refractivity contribution in [2.75, 3.05) is 21.3 Å². The van der Waals surface area contributed by atoms with Crippen molar-refractivity contribution in [1.82, 2.24) is 4.57 Å². The van der Waals surface area contributed by atoms with Crippen molar-refractivity contribution in [2.24, 2.45) is 5.73 Å². The van der Waals surface area contributed by atoms with Gasteiger partial charge in [-0.25, -0.2) is 0 Å². The third-order valence-corrected chi connectivity index (χ3v) is 5.11. The van der Waals surface area contributed by atoms with Gasteiger partial charge in [0.25, 0.3) is 5.91 Å². The molecule has 1 aromatic heterocycles. The molecule has 0 saturated heterocycles. The molecule has 0 aliphatic heterocycles. The summed E-state index contributed by atoms with van der Waals surface area (Å²) in [6.45, 7) is 2.56. The highest BCUT2D eigenvalue weighted by molar-refractivity contribution is 5.96. The highest BCUT2D eigenvalue weighted by Crippen LogP contribution is 2.36. The molecule has 6 heteroatoms. The molecule has 29 heavy (non-hydrogen) atoms. The van der Waals surface area contributed by atoms with Crippen LogP contribution in [0.25, 0.3) is 11.3 Å². The number of carbonyl (C=O) groups excluding carboxylic acids is 1. The number of benzene rings is 2. The van der Waals surface area contributed by atoms with E-state index in [4.69, 9.17) is 19.9 Å². The number of hydrogen-bond donors (Lipinski definition) is 1. The van der Waals surface area contributed by atoms with Crippen LogP contribution < -0.4 is 19.9 Å². The van der Waals surface area contributed by atoms with Gasteiger partial charge in [0.1, 0.15) is 17.2 Å². The number of amides is 1. The fourth-order valence-corrected chi connectivity index (χ4v) is 3.56. The van der Waals surface area contributed by atoms with Gasteiger partial charge in [0, 0.05) is 23.9 Å². The minimum Gasteiger partial charge on any atom is -0.497 e. The number of nitrogens with two attached hydrogens (primary N) is 1. The van der Waals surface area contributed by atoms with E-state index < -0.39 is 5.91 Å². The highest BCUT2D eigenvalue weighted by Gasteiger charge is 2.20. The van der Waals surface area contributed by atoms with Gasteiger partial charge in [-0.1, -0.05) is 18.2 Å². The average Bonchev–Trinajstić information content (AvgIpc) is 3.08. The average molecular weight is 394 g/mol. The predicted octanol–water partition coefficient (Wildman–Crippen LogP) is 3.83. The highest BCUT2D eigenvalue weighted by atomic mass is 16.5. The van der Waals surface area contributed by atoms with E-state index in [9.17, 15) is 4.79 Å². The van der Waals surface area contributed by atoms with Crippen LogP contribution in [0.3, 0.4) is 0 Å². The Morgan fingerprint density at radius 3 is 2.34 bits per heavy atom. The summed E-state index contributed by atoms with van der Waals surface area (Å²) in [5.41, 5.74) is 9.76. The van der Waals surface area contributed by atoms with Crippen LogP contribution in [-0.4, -0.2) is 31.8 Å². The van der Waals surface area contributed by atoms with E-state index >= 15 is 0 Å². The molecule has 0 aliphatic carbocycles. The van der Waals surface area contributed by atoms with E-state index in [-0.39, 0.29) is 0 Å². The fraction of sp³-hybridized carbons (Fsp3) is 0.261. The molecule has 0 saturated carbocycles. The summed E-state index contributed by atoms with van der Waals surface area (Å²) < 4.78 is 18.4. The van der Waals surface area contributed by atoms with Gasteiger partial charge in [0.2, 0.25) is 0 Å². The lowest BCUT2D eigenvalue weighted by atomic mass is 10.1. The van der Waals surface area contributed by atoms with Gasteiger partial charge >= 0.3 is 0 Å². The van der Waals surface area contributed by atoms with E-state index in [2.05, 4.69) is 4.57 Å². The number of nitrogens with zero attached hydrogens (tertiary/aromatic N) is 1. The van der Waals surface area contributed by atoms with Crippen LogP contribution in [0.1, 0.15) is 21.6 Å². The number of hydrogen-bond acceptors (Lipinski definition) is 4. The van der Waals surface area contributed by atoms with E-state index in [0.717, 1.165) is 34.7 Å². The normalized spacial score (nSPS) is 10.6. The Balaban J connectivity index is 2.06. The van der Waals surface area contributed by atoms with Crippen LogP contribution in [0.15, 0.2) is 48.5 Å². The van der Waals surface area contributed by atoms with Gasteiger partial charge in [-0.3, -0.25) is 4.79 Å². The van der Waals surface area contributed by atoms with Crippen molar-refractivity contribution < 1.29 is 19.0 Å². The molecule has 2 aromatic carbocycles. The van der Waals surface area contributed by atoms with Gasteiger partial charge in [0.15, 0.2) is 0 Å². The molecule has 3 rings (SSSR count). The third-order valence-electron chi connectivity index (χ3n) is 5.11. The summed E-state index contributed by atoms with van der Waals surface area (Å²) in [7, 11) is 4.89. The maximum atomic E-state index is 12.0. The quantitative estimate of drug-likeness (QED) is 0.630. The van der Waals surface area contributed by atoms with Crippen LogP contribution in [0.4, 0.5) is 0 Å². The second kappa shape index (κ2) is 8.73. The number of primary amides is 1. The van der Waals surface area contributed by atoms with E-state index in [1.807, 2.05) is 55.5 Å². The van der Waals surface area contributed by atoms with Gasteiger partial charge < -0.3 is 24.5 Å². The first-order valence-electron chi connectivity index (χ1n) is 9.34. The summed E-state index contributed by atoms with van der Waals surface area (Å²) in [4.78, 5) is 12.0. The molecule has 0 atom stereocenters. The number of ether oxygens (including phenoxy) is 3. The predicted molar refractivity (Wildman–Crippen MR) is 113 cm³/mol. The third kappa shape index (κ3) is 4.06. The summed E-state index contributed by atoms with van der Waals surface area (Å²) in [5, 5.41) is 0. The monoisotopic (exact) mass is 394 g/mol. The molecule has 1 amide bonds. The largest absolute Gasteiger partial charge is 0.497 e. The molecular formula is C23H26N2O4. The standard InChI is InChI=1S/C23H26N2O4/c1-15-19(23(24)26)14-20(18-10-9-17(27-2)13-22(18)29-4)25(15)12-11-16-7-5-6-8-21(16)28-3/h5-10,13-14H,11-12H2,1-4H3,(H2,24,26). The first-order chi connectivity index (χ1) is 14.0. The van der Waals surface area contributed by atoms with Crippen molar-refractivity contribution >= 4 is 5.91 Å². The van der Waals surface area contributed by atoms with Crippen LogP contribution in [-0.2, 0) is 13.0 Å². The van der Waals surface area contributed by atoms with Gasteiger partial charge in [-0.15, -0.1) is 0 Å². The molecule has 0 spiro atoms. The molecular weight excluding hydrogens is 368 g/mol. The molecule has 0 fully saturated rings. The Labute approximate surface area is 170 Å². The number of aromatic nitrogens is 1. The maximum Gasteiger partial charge on any atom is 0.250 e. The van der Waals surface area contributed by atoms with Crippen molar-refractivity contribution in [3.05, 3.63) is 65.4 Å². The smallest absolute Gasteiger partial charge is 0.250 e. The summed E-state index contributed by atoms with van der Waals surface area (Å²) in [6, 6.07) is 15.4. The summed E-state index contributed by atoms with van der Waals surface area (Å²) in [5.74, 6) is 1.75. The molecule has 3 aromatic rings. The minimum absolute atomic E-state index is 0.452. The van der Waals surface area contributed by atoms with Crippen molar-refractivity contribution in [2.45, 2.75) is 19.9 Å². The Morgan fingerprint density at radius 1 is 0.966 bits per heavy atom. The zero-order valence-corrected chi connectivity index (χ0v) is 17.2. The van der Waals surface area contributed by atoms with E-state index in [1.54, 1.807) is 21.3 Å². The number of para-hydroxylation sites is 1. The second-order valence-electron chi connectivity index (χ2n) is 6.67. The van der Waals surface area contributed by atoms with Crippen LogP contribution in [0.5, 0.6) is 17.2 Å². The summed E-state index contributed by atoms with van der Waals surface area (Å²) >= 11 is 0. The van der Waals surface area contributed by atoms with E-state index in [0.29, 0.717) is 23.6 Å².